The summed E-state index contributed by atoms with van der Waals surface area (Å²) in [5.41, 5.74) is 4.54. The summed E-state index contributed by atoms with van der Waals surface area (Å²) in [6.45, 7) is 9.64. The van der Waals surface area contributed by atoms with E-state index in [1.54, 1.807) is 0 Å². The molecule has 4 bridgehead atoms. The van der Waals surface area contributed by atoms with Gasteiger partial charge in [0.15, 0.2) is 12.4 Å². The first-order valence-electron chi connectivity index (χ1n) is 22.9. The topological polar surface area (TPSA) is 358 Å². The number of H-pyrrole nitrogens is 2. The molecule has 74 heavy (non-hydrogen) atoms. The zero-order valence-corrected chi connectivity index (χ0v) is 40.0. The summed E-state index contributed by atoms with van der Waals surface area (Å²) in [6, 6.07) is 18.7. The number of hydrogen-bond donors (Lipinski definition) is 6. The van der Waals surface area contributed by atoms with Crippen LogP contribution in [0.15, 0.2) is 97.6 Å². The maximum atomic E-state index is 10.8. The molecule has 2 saturated carbocycles. The van der Waals surface area contributed by atoms with Crippen molar-refractivity contribution in [1.82, 2.24) is 9.97 Å². The summed E-state index contributed by atoms with van der Waals surface area (Å²) in [5, 5.41) is 73.7. The average Bonchev–Trinajstić information content (AvgIpc) is 3.37. The molecule has 0 aliphatic heterocycles. The van der Waals surface area contributed by atoms with Crippen LogP contribution < -0.4 is 20.2 Å². The molecule has 0 unspecified atom stereocenters. The Morgan fingerprint density at radius 1 is 0.473 bits per heavy atom. The van der Waals surface area contributed by atoms with Gasteiger partial charge in [-0.25, -0.2) is 48.7 Å². The van der Waals surface area contributed by atoms with Gasteiger partial charge in [-0.05, 0) is 131 Å². The highest BCUT2D eigenvalue weighted by atomic mass is 16.4. The van der Waals surface area contributed by atoms with Gasteiger partial charge in [-0.1, -0.05) is 27.7 Å². The molecule has 0 amide bonds. The molecule has 12 rings (SSSR count). The van der Waals surface area contributed by atoms with Crippen molar-refractivity contribution < 1.29 is 89.2 Å². The second-order valence-electron chi connectivity index (χ2n) is 19.4. The first kappa shape index (κ1) is 52.6. The number of carbonyl (C=O) groups excluding carboxylic acids is 2. The van der Waals surface area contributed by atoms with E-state index in [2.05, 4.69) is 84.3 Å². The zero-order valence-electron chi connectivity index (χ0n) is 40.0. The Kier molecular flexibility index (Phi) is 14.6. The third-order valence-corrected chi connectivity index (χ3v) is 14.8. The molecule has 6 aromatic rings. The van der Waals surface area contributed by atoms with Crippen LogP contribution in [0.25, 0.3) is 22.8 Å². The molecule has 8 N–H and O–H groups in total. The Morgan fingerprint density at radius 3 is 1.03 bits per heavy atom. The molecule has 4 atom stereocenters. The van der Waals surface area contributed by atoms with Crippen molar-refractivity contribution in [2.75, 3.05) is 0 Å². The molecule has 380 valence electrons. The van der Waals surface area contributed by atoms with Gasteiger partial charge >= 0.3 is 35.8 Å². The van der Waals surface area contributed by atoms with Crippen molar-refractivity contribution in [2.24, 2.45) is 22.7 Å². The second-order valence-corrected chi connectivity index (χ2v) is 19.4. The Hall–Kier alpha value is -9.20. The fourth-order valence-electron chi connectivity index (χ4n) is 10.3. The number of aromatic amines is 2. The maximum Gasteiger partial charge on any atom is 0.336 e. The maximum absolute atomic E-state index is 10.8. The minimum absolute atomic E-state index is 0.386. The Labute approximate surface area is 420 Å². The predicted octanol–water partition coefficient (Wildman–Crippen LogP) is 4.79. The molecule has 4 heterocycles. The lowest BCUT2D eigenvalue weighted by atomic mass is 9.47. The lowest BCUT2D eigenvalue weighted by Crippen LogP contribution is -2.48. The van der Waals surface area contributed by atoms with Crippen LogP contribution in [0.1, 0.15) is 157 Å². The standard InChI is InChI=1S/2C17H18N2.2C10H6O8/c2*1-17(2)12-7-11-8-16(15-5-3-4-6-18-15)19-10-13(11)14(17)9-12;2*11-7(12)3-1-4(8(13)14)6(10(17)18)2-5(3)9(15)16/h2*3-6,8,10,12,14H,7,9H2,1-2H3;2*1-2H,(H,11,12)(H,13,14)(H,15,16)(H,17,18)/t2*12-,14-;;/m10../s1. The SMILES string of the molecule is CC1(C)[C@@H]2Cc3cc(-c4cccc[nH+]4)ncc3[C@H]1C2.CC1(C)[C@H]2Cc3cc(-c4cccc[nH+]4)ncc3[C@@H]1C2.O=C(O)c1cc(C(=O)O)c(C(=O)O)cc1C(=O)O.O=C([O-])c1cc(C(=O)[O-])c(C(=O)O)cc1C(=O)O. The summed E-state index contributed by atoms with van der Waals surface area (Å²) < 4.78 is 0. The van der Waals surface area contributed by atoms with Crippen LogP contribution in [-0.4, -0.2) is 88.4 Å². The predicted molar refractivity (Wildman–Crippen MR) is 252 cm³/mol. The largest absolute Gasteiger partial charge is 0.545 e. The fourth-order valence-corrected chi connectivity index (χ4v) is 10.3. The number of aromatic nitrogens is 4. The second kappa shape index (κ2) is 20.5. The summed E-state index contributed by atoms with van der Waals surface area (Å²) in [5.74, 6) is -10.8. The van der Waals surface area contributed by atoms with E-state index < -0.39 is 92.3 Å². The van der Waals surface area contributed by atoms with Crippen molar-refractivity contribution >= 4 is 47.8 Å². The van der Waals surface area contributed by atoms with Crippen molar-refractivity contribution in [3.63, 3.8) is 0 Å². The lowest BCUT2D eigenvalue weighted by molar-refractivity contribution is -0.365. The molecular weight excluding hydrogens is 961 g/mol. The van der Waals surface area contributed by atoms with Gasteiger partial charge in [0.2, 0.25) is 11.4 Å². The number of benzene rings is 2. The smallest absolute Gasteiger partial charge is 0.336 e. The number of nitrogens with one attached hydrogen (secondary N) is 2. The van der Waals surface area contributed by atoms with Crippen LogP contribution in [0.3, 0.4) is 0 Å². The van der Waals surface area contributed by atoms with E-state index in [0.29, 0.717) is 35.1 Å². The Morgan fingerprint density at radius 2 is 0.770 bits per heavy atom. The van der Waals surface area contributed by atoms with Crippen molar-refractivity contribution in [1.29, 1.82) is 0 Å². The number of hydrogen-bond acceptors (Lipinski definition) is 12. The van der Waals surface area contributed by atoms with Gasteiger partial charge in [-0.3, -0.25) is 0 Å². The first-order valence-corrected chi connectivity index (χ1v) is 22.9. The minimum atomic E-state index is -1.94. The van der Waals surface area contributed by atoms with Gasteiger partial charge in [-0.2, -0.15) is 0 Å². The number of carboxylic acids is 8. The molecule has 6 aliphatic carbocycles. The molecule has 0 saturated heterocycles. The monoisotopic (exact) mass is 1010 g/mol. The van der Waals surface area contributed by atoms with E-state index >= 15 is 0 Å². The number of pyridine rings is 4. The summed E-state index contributed by atoms with van der Waals surface area (Å²) in [4.78, 5) is 102. The number of nitrogens with zero attached hydrogens (tertiary/aromatic N) is 2. The van der Waals surface area contributed by atoms with E-state index in [4.69, 9.17) is 30.6 Å². The highest BCUT2D eigenvalue weighted by Gasteiger charge is 2.53. The molecule has 20 heteroatoms. The van der Waals surface area contributed by atoms with Crippen molar-refractivity contribution in [3.8, 4) is 22.8 Å². The fraction of sp³-hybridized carbons (Fsp3) is 0.259. The molecule has 2 aromatic carbocycles. The van der Waals surface area contributed by atoms with Gasteiger partial charge in [0, 0.05) is 47.8 Å². The quantitative estimate of drug-likeness (QED) is 0.107. The summed E-state index contributed by atoms with van der Waals surface area (Å²) in [7, 11) is 0. The van der Waals surface area contributed by atoms with E-state index in [1.165, 1.54) is 47.9 Å². The Balaban J connectivity index is 0.000000144. The van der Waals surface area contributed by atoms with Crippen molar-refractivity contribution in [3.05, 3.63) is 164 Å². The first-order chi connectivity index (χ1) is 34.8. The molecule has 6 aliphatic rings. The molecular formula is C54H48N4O16. The van der Waals surface area contributed by atoms with Gasteiger partial charge in [-0.15, -0.1) is 0 Å². The van der Waals surface area contributed by atoms with Crippen molar-refractivity contribution in [2.45, 2.75) is 65.2 Å². The van der Waals surface area contributed by atoms with Crippen LogP contribution in [0.4, 0.5) is 0 Å². The molecule has 2 fully saturated rings. The van der Waals surface area contributed by atoms with Gasteiger partial charge in [0.25, 0.3) is 0 Å². The molecule has 4 aromatic heterocycles. The number of aromatic carboxylic acids is 8. The van der Waals surface area contributed by atoms with Crippen LogP contribution in [0, 0.1) is 22.7 Å². The third kappa shape index (κ3) is 10.3. The molecule has 0 spiro atoms. The lowest BCUT2D eigenvalue weighted by Gasteiger charge is -2.57. The van der Waals surface area contributed by atoms with Crippen LogP contribution in [0.5, 0.6) is 0 Å². The van der Waals surface area contributed by atoms with E-state index in [1.807, 2.05) is 36.7 Å². The van der Waals surface area contributed by atoms with E-state index in [9.17, 15) is 48.6 Å². The highest BCUT2D eigenvalue weighted by Crippen LogP contribution is 2.63. The number of carbonyl (C=O) groups is 8. The van der Waals surface area contributed by atoms with Gasteiger partial charge < -0.3 is 50.4 Å². The molecule has 0 radical (unpaired) electrons. The Bertz CT molecular complexity index is 2890. The average molecular weight is 1010 g/mol. The van der Waals surface area contributed by atoms with E-state index in [-0.39, 0.29) is 0 Å². The third-order valence-electron chi connectivity index (χ3n) is 14.8. The van der Waals surface area contributed by atoms with E-state index in [0.717, 1.165) is 46.4 Å². The van der Waals surface area contributed by atoms with Gasteiger partial charge in [0.1, 0.15) is 11.4 Å². The van der Waals surface area contributed by atoms with Crippen LogP contribution in [0.2, 0.25) is 0 Å². The molecule has 20 nitrogen and oxygen atoms in total. The van der Waals surface area contributed by atoms with Crippen LogP contribution in [-0.2, 0) is 12.8 Å². The highest BCUT2D eigenvalue weighted by molar-refractivity contribution is 6.10. The summed E-state index contributed by atoms with van der Waals surface area (Å²) in [6.07, 6.45) is 13.3. The number of rotatable bonds is 10. The van der Waals surface area contributed by atoms with Crippen LogP contribution >= 0.6 is 0 Å². The number of carboxylic acid groups (broad SMARTS) is 8. The summed E-state index contributed by atoms with van der Waals surface area (Å²) >= 11 is 0. The normalized spacial score (nSPS) is 18.3. The van der Waals surface area contributed by atoms with Gasteiger partial charge in [0.05, 0.1) is 45.3 Å². The zero-order chi connectivity index (χ0) is 54.1. The minimum Gasteiger partial charge on any atom is -0.545 e.